The van der Waals surface area contributed by atoms with Crippen molar-refractivity contribution in [2.24, 2.45) is 16.7 Å². The first kappa shape index (κ1) is 28.2. The number of nitrogens with one attached hydrogen (secondary N) is 1. The van der Waals surface area contributed by atoms with Crippen LogP contribution in [-0.4, -0.2) is 25.6 Å². The highest BCUT2D eigenvalue weighted by atomic mass is 32.1. The van der Waals surface area contributed by atoms with E-state index in [1.165, 1.54) is 28.9 Å². The maximum Gasteiger partial charge on any atom is 0.341 e. The summed E-state index contributed by atoms with van der Waals surface area (Å²) in [7, 11) is 1.38. The molecule has 2 aromatic rings. The van der Waals surface area contributed by atoms with Crippen LogP contribution < -0.4 is 10.1 Å². The van der Waals surface area contributed by atoms with Crippen LogP contribution in [0.2, 0.25) is 0 Å². The summed E-state index contributed by atoms with van der Waals surface area (Å²) < 4.78 is 10.8. The Morgan fingerprint density at radius 2 is 1.67 bits per heavy atom. The molecular weight excluding hydrogens is 470 g/mol. The summed E-state index contributed by atoms with van der Waals surface area (Å²) in [5.41, 5.74) is 3.24. The number of carbonyl (C=O) groups is 2. The van der Waals surface area contributed by atoms with E-state index >= 15 is 0 Å². The fourth-order valence-electron chi connectivity index (χ4n) is 5.47. The molecule has 1 unspecified atom stereocenters. The van der Waals surface area contributed by atoms with E-state index in [1.807, 2.05) is 12.1 Å². The lowest BCUT2D eigenvalue weighted by molar-refractivity contribution is -0.118. The molecule has 6 heteroatoms. The van der Waals surface area contributed by atoms with Crippen LogP contribution in [0.15, 0.2) is 24.3 Å². The topological polar surface area (TPSA) is 64.6 Å². The lowest BCUT2D eigenvalue weighted by Crippen LogP contribution is -2.26. The largest absolute Gasteiger partial charge is 0.484 e. The molecule has 1 atom stereocenters. The number of anilines is 1. The lowest BCUT2D eigenvalue weighted by Gasteiger charge is -2.33. The number of carbonyl (C=O) groups excluding carboxylic acids is 2. The number of amides is 1. The molecule has 3 rings (SSSR count). The van der Waals surface area contributed by atoms with Gasteiger partial charge in [0.05, 0.1) is 12.7 Å². The van der Waals surface area contributed by atoms with E-state index in [9.17, 15) is 9.59 Å². The molecule has 1 aliphatic carbocycles. The Morgan fingerprint density at radius 1 is 1.03 bits per heavy atom. The molecule has 1 aromatic carbocycles. The van der Waals surface area contributed by atoms with Crippen molar-refractivity contribution in [2.75, 3.05) is 19.0 Å². The number of esters is 1. The average Bonchev–Trinajstić information content (AvgIpc) is 3.12. The summed E-state index contributed by atoms with van der Waals surface area (Å²) in [6, 6.07) is 7.99. The highest BCUT2D eigenvalue weighted by molar-refractivity contribution is 7.17. The first-order chi connectivity index (χ1) is 16.6. The third-order valence-electron chi connectivity index (χ3n) is 7.11. The molecule has 0 fully saturated rings. The minimum Gasteiger partial charge on any atom is -0.484 e. The number of benzene rings is 1. The van der Waals surface area contributed by atoms with E-state index in [0.717, 1.165) is 31.2 Å². The second-order valence-corrected chi connectivity index (χ2v) is 14.1. The Morgan fingerprint density at radius 3 is 2.22 bits per heavy atom. The van der Waals surface area contributed by atoms with Gasteiger partial charge in [-0.05, 0) is 71.1 Å². The summed E-state index contributed by atoms with van der Waals surface area (Å²) in [5.74, 6) is 0.499. The first-order valence-corrected chi connectivity index (χ1v) is 13.7. The third-order valence-corrected chi connectivity index (χ3v) is 8.28. The molecule has 1 aliphatic rings. The zero-order chi connectivity index (χ0) is 26.9. The predicted molar refractivity (Wildman–Crippen MR) is 148 cm³/mol. The maximum absolute atomic E-state index is 12.8. The van der Waals surface area contributed by atoms with Crippen molar-refractivity contribution in [3.63, 3.8) is 0 Å². The van der Waals surface area contributed by atoms with Gasteiger partial charge in [0.25, 0.3) is 5.91 Å². The standard InChI is InChI=1S/C30H43NO4S/c1-28(2,3)18-30(7,8)19-10-13-21(14-11-19)35-17-24(32)31-26-25(27(33)34-9)22-15-12-20(29(4,5)6)16-23(22)36-26/h10-11,13-14,20H,12,15-18H2,1-9H3,(H,31,32). The Bertz CT molecular complexity index is 1080. The van der Waals surface area contributed by atoms with Gasteiger partial charge in [-0.15, -0.1) is 11.3 Å². The molecule has 198 valence electrons. The van der Waals surface area contributed by atoms with Crippen LogP contribution >= 0.6 is 11.3 Å². The molecule has 1 aromatic heterocycles. The number of methoxy groups -OCH3 is 1. The van der Waals surface area contributed by atoms with Gasteiger partial charge in [0.15, 0.2) is 6.61 Å². The van der Waals surface area contributed by atoms with E-state index in [4.69, 9.17) is 9.47 Å². The van der Waals surface area contributed by atoms with Gasteiger partial charge in [-0.1, -0.05) is 67.5 Å². The molecule has 36 heavy (non-hydrogen) atoms. The van der Waals surface area contributed by atoms with Gasteiger partial charge in [-0.2, -0.15) is 0 Å². The number of hydrogen-bond donors (Lipinski definition) is 1. The first-order valence-electron chi connectivity index (χ1n) is 12.9. The zero-order valence-corrected chi connectivity index (χ0v) is 24.3. The molecule has 0 spiro atoms. The Kier molecular flexibility index (Phi) is 8.29. The molecule has 0 radical (unpaired) electrons. The molecule has 5 nitrogen and oxygen atoms in total. The number of hydrogen-bond acceptors (Lipinski definition) is 5. The molecule has 0 saturated carbocycles. The summed E-state index contributed by atoms with van der Waals surface area (Å²) in [6.07, 6.45) is 3.82. The third kappa shape index (κ3) is 6.90. The van der Waals surface area contributed by atoms with Crippen LogP contribution in [0.4, 0.5) is 5.00 Å². The molecule has 0 aliphatic heterocycles. The van der Waals surface area contributed by atoms with Crippen LogP contribution in [0, 0.1) is 16.7 Å². The van der Waals surface area contributed by atoms with Crippen molar-refractivity contribution in [3.8, 4) is 5.75 Å². The van der Waals surface area contributed by atoms with Crippen molar-refractivity contribution < 1.29 is 19.1 Å². The van der Waals surface area contributed by atoms with Crippen molar-refractivity contribution >= 4 is 28.2 Å². The second-order valence-electron chi connectivity index (χ2n) is 13.0. The smallest absolute Gasteiger partial charge is 0.341 e. The van der Waals surface area contributed by atoms with Crippen LogP contribution in [-0.2, 0) is 27.8 Å². The predicted octanol–water partition coefficient (Wildman–Crippen LogP) is 7.42. The number of rotatable bonds is 7. The number of fused-ring (bicyclic) bond motifs is 1. The van der Waals surface area contributed by atoms with Gasteiger partial charge >= 0.3 is 5.97 Å². The van der Waals surface area contributed by atoms with Crippen LogP contribution in [0.5, 0.6) is 5.75 Å². The van der Waals surface area contributed by atoms with Gasteiger partial charge in [-0.25, -0.2) is 4.79 Å². The summed E-state index contributed by atoms with van der Waals surface area (Å²) in [5, 5.41) is 3.49. The van der Waals surface area contributed by atoms with Crippen LogP contribution in [0.25, 0.3) is 0 Å². The monoisotopic (exact) mass is 513 g/mol. The lowest BCUT2D eigenvalue weighted by atomic mass is 9.72. The maximum atomic E-state index is 12.8. The normalized spacial score (nSPS) is 16.3. The summed E-state index contributed by atoms with van der Waals surface area (Å²) >= 11 is 1.50. The molecule has 1 amide bonds. The number of thiophene rings is 1. The SMILES string of the molecule is COC(=O)c1c(NC(=O)COc2ccc(C(C)(C)CC(C)(C)C)cc2)sc2c1CCC(C(C)(C)C)C2. The van der Waals surface area contributed by atoms with Gasteiger partial charge in [0.1, 0.15) is 10.8 Å². The fourth-order valence-corrected chi connectivity index (χ4v) is 6.80. The second kappa shape index (κ2) is 10.6. The molecule has 0 saturated heterocycles. The number of ether oxygens (including phenoxy) is 2. The van der Waals surface area contributed by atoms with Crippen molar-refractivity contribution in [2.45, 2.75) is 86.5 Å². The van der Waals surface area contributed by atoms with Crippen LogP contribution in [0.1, 0.15) is 94.6 Å². The van der Waals surface area contributed by atoms with Gasteiger partial charge in [0, 0.05) is 4.88 Å². The highest BCUT2D eigenvalue weighted by Crippen LogP contribution is 2.44. The Balaban J connectivity index is 1.68. The van der Waals surface area contributed by atoms with Crippen molar-refractivity contribution in [1.82, 2.24) is 0 Å². The van der Waals surface area contributed by atoms with E-state index in [1.54, 1.807) is 0 Å². The van der Waals surface area contributed by atoms with E-state index in [0.29, 0.717) is 22.2 Å². The highest BCUT2D eigenvalue weighted by Gasteiger charge is 2.34. The molecule has 1 N–H and O–H groups in total. The van der Waals surface area contributed by atoms with Crippen molar-refractivity contribution in [3.05, 3.63) is 45.8 Å². The van der Waals surface area contributed by atoms with Crippen molar-refractivity contribution in [1.29, 1.82) is 0 Å². The van der Waals surface area contributed by atoms with E-state index in [-0.39, 0.29) is 28.8 Å². The molecular formula is C30H43NO4S. The van der Waals surface area contributed by atoms with E-state index in [2.05, 4.69) is 72.8 Å². The van der Waals surface area contributed by atoms with Crippen LogP contribution in [0.3, 0.4) is 0 Å². The minimum atomic E-state index is -0.397. The summed E-state index contributed by atoms with van der Waals surface area (Å²) in [6.45, 7) is 17.9. The zero-order valence-electron chi connectivity index (χ0n) is 23.5. The van der Waals surface area contributed by atoms with Gasteiger partial charge < -0.3 is 14.8 Å². The summed E-state index contributed by atoms with van der Waals surface area (Å²) in [4.78, 5) is 26.6. The molecule has 1 heterocycles. The van der Waals surface area contributed by atoms with E-state index < -0.39 is 5.97 Å². The quantitative estimate of drug-likeness (QED) is 0.391. The van der Waals surface area contributed by atoms with Gasteiger partial charge in [0.2, 0.25) is 0 Å². The molecule has 0 bridgehead atoms. The van der Waals surface area contributed by atoms with Gasteiger partial charge in [-0.3, -0.25) is 4.79 Å². The Labute approximate surface area is 221 Å². The minimum absolute atomic E-state index is 0.0444. The fraction of sp³-hybridized carbons (Fsp3) is 0.600. The average molecular weight is 514 g/mol. The Hall–Kier alpha value is -2.34.